The molecule has 4 rings (SSSR count). The van der Waals surface area contributed by atoms with Gasteiger partial charge >= 0.3 is 0 Å². The monoisotopic (exact) mass is 461 g/mol. The maximum atomic E-state index is 14.0. The number of benzene rings is 2. The van der Waals surface area contributed by atoms with Gasteiger partial charge in [0.25, 0.3) is 0 Å². The quantitative estimate of drug-likeness (QED) is 0.424. The number of nitrogens with zero attached hydrogens (tertiary/aromatic N) is 2. The molecule has 0 saturated carbocycles. The lowest BCUT2D eigenvalue weighted by molar-refractivity contribution is -0.116. The van der Waals surface area contributed by atoms with Crippen LogP contribution in [0.15, 0.2) is 71.9 Å². The van der Waals surface area contributed by atoms with Crippen LogP contribution in [0.5, 0.6) is 11.5 Å². The van der Waals surface area contributed by atoms with E-state index in [4.69, 9.17) is 9.47 Å². The van der Waals surface area contributed by atoms with Crippen molar-refractivity contribution in [3.63, 3.8) is 0 Å². The van der Waals surface area contributed by atoms with Crippen molar-refractivity contribution in [1.29, 1.82) is 0 Å². The first kappa shape index (κ1) is 22.7. The smallest absolute Gasteiger partial charge is 0.244 e. The second kappa shape index (κ2) is 9.53. The van der Waals surface area contributed by atoms with Crippen molar-refractivity contribution in [2.24, 2.45) is 0 Å². The largest absolute Gasteiger partial charge is 0.493 e. The molecule has 0 unspecified atom stereocenters. The Morgan fingerprint density at radius 1 is 1.03 bits per heavy atom. The van der Waals surface area contributed by atoms with Gasteiger partial charge in [-0.1, -0.05) is 12.1 Å². The molecule has 4 aromatic rings. The number of ketones is 1. The minimum Gasteiger partial charge on any atom is -0.493 e. The van der Waals surface area contributed by atoms with E-state index in [1.54, 1.807) is 12.1 Å². The van der Waals surface area contributed by atoms with E-state index in [0.717, 1.165) is 0 Å². The van der Waals surface area contributed by atoms with Gasteiger partial charge in [-0.2, -0.15) is 0 Å². The van der Waals surface area contributed by atoms with Gasteiger partial charge in [-0.15, -0.1) is 0 Å². The number of carbonyl (C=O) groups is 2. The van der Waals surface area contributed by atoms with E-state index < -0.39 is 22.9 Å². The highest BCUT2D eigenvalue weighted by Crippen LogP contribution is 2.31. The minimum absolute atomic E-state index is 0.0187. The lowest BCUT2D eigenvalue weighted by atomic mass is 10.0. The van der Waals surface area contributed by atoms with Crippen molar-refractivity contribution in [3.05, 3.63) is 94.3 Å². The van der Waals surface area contributed by atoms with Gasteiger partial charge in [0.1, 0.15) is 12.4 Å². The summed E-state index contributed by atoms with van der Waals surface area (Å²) in [4.78, 5) is 43.1. The van der Waals surface area contributed by atoms with Crippen LogP contribution in [-0.4, -0.2) is 35.5 Å². The first-order chi connectivity index (χ1) is 16.4. The third-order valence-corrected chi connectivity index (χ3v) is 5.23. The maximum Gasteiger partial charge on any atom is 0.244 e. The zero-order valence-corrected chi connectivity index (χ0v) is 18.4. The molecule has 0 fully saturated rings. The van der Waals surface area contributed by atoms with Crippen LogP contribution in [-0.2, 0) is 11.3 Å². The van der Waals surface area contributed by atoms with Crippen LogP contribution in [0.2, 0.25) is 0 Å². The summed E-state index contributed by atoms with van der Waals surface area (Å²) < 4.78 is 26.1. The molecule has 0 aliphatic heterocycles. The van der Waals surface area contributed by atoms with Gasteiger partial charge in [-0.3, -0.25) is 19.4 Å². The predicted octanol–water partition coefficient (Wildman–Crippen LogP) is 3.42. The third kappa shape index (κ3) is 4.36. The molecule has 2 aromatic heterocycles. The Bertz CT molecular complexity index is 1450. The van der Waals surface area contributed by atoms with Gasteiger partial charge < -0.3 is 19.4 Å². The highest BCUT2D eigenvalue weighted by atomic mass is 19.1. The normalized spacial score (nSPS) is 10.7. The van der Waals surface area contributed by atoms with Crippen LogP contribution in [0.4, 0.5) is 10.1 Å². The number of aromatic nitrogens is 2. The van der Waals surface area contributed by atoms with Crippen molar-refractivity contribution < 1.29 is 23.5 Å². The van der Waals surface area contributed by atoms with E-state index in [2.05, 4.69) is 10.3 Å². The minimum atomic E-state index is -0.583. The summed E-state index contributed by atoms with van der Waals surface area (Å²) in [5, 5.41) is 2.67. The average molecular weight is 461 g/mol. The van der Waals surface area contributed by atoms with Gasteiger partial charge in [0, 0.05) is 30.2 Å². The van der Waals surface area contributed by atoms with Gasteiger partial charge in [0.2, 0.25) is 11.3 Å². The van der Waals surface area contributed by atoms with Gasteiger partial charge in [-0.25, -0.2) is 4.39 Å². The van der Waals surface area contributed by atoms with Crippen LogP contribution < -0.4 is 20.2 Å². The van der Waals surface area contributed by atoms with Crippen molar-refractivity contribution in [2.75, 3.05) is 19.5 Å². The summed E-state index contributed by atoms with van der Waals surface area (Å²) in [6.07, 6.45) is 4.21. The van der Waals surface area contributed by atoms with Crippen molar-refractivity contribution in [2.45, 2.75) is 6.54 Å². The lowest BCUT2D eigenvalue weighted by Crippen LogP contribution is -2.24. The molecule has 0 aliphatic rings. The number of nitrogens with one attached hydrogen (secondary N) is 1. The molecule has 1 amide bonds. The van der Waals surface area contributed by atoms with E-state index in [0.29, 0.717) is 17.0 Å². The Balaban J connectivity index is 1.85. The number of hydrogen-bond donors (Lipinski definition) is 1. The molecule has 0 saturated heterocycles. The number of anilines is 1. The van der Waals surface area contributed by atoms with Gasteiger partial charge in [0.15, 0.2) is 17.3 Å². The van der Waals surface area contributed by atoms with Crippen molar-refractivity contribution in [1.82, 2.24) is 9.55 Å². The first-order valence-electron chi connectivity index (χ1n) is 10.2. The van der Waals surface area contributed by atoms with Crippen LogP contribution in [0.1, 0.15) is 15.9 Å². The lowest BCUT2D eigenvalue weighted by Gasteiger charge is -2.16. The molecule has 34 heavy (non-hydrogen) atoms. The van der Waals surface area contributed by atoms with Crippen LogP contribution in [0.25, 0.3) is 10.9 Å². The third-order valence-electron chi connectivity index (χ3n) is 5.23. The molecule has 0 atom stereocenters. The second-order valence-electron chi connectivity index (χ2n) is 7.32. The molecule has 0 bridgehead atoms. The van der Waals surface area contributed by atoms with Crippen molar-refractivity contribution >= 4 is 28.3 Å². The number of hydrogen-bond acceptors (Lipinski definition) is 6. The number of rotatable bonds is 7. The maximum absolute atomic E-state index is 14.0. The Labute approximate surface area is 193 Å². The zero-order chi connectivity index (χ0) is 24.2. The number of methoxy groups -OCH3 is 2. The fourth-order valence-corrected chi connectivity index (χ4v) is 3.58. The van der Waals surface area contributed by atoms with Crippen LogP contribution in [0, 0.1) is 5.82 Å². The van der Waals surface area contributed by atoms with Gasteiger partial charge in [-0.05, 0) is 30.3 Å². The summed E-state index contributed by atoms with van der Waals surface area (Å²) in [6, 6.07) is 11.8. The number of amides is 1. The van der Waals surface area contributed by atoms with E-state index >= 15 is 0 Å². The summed E-state index contributed by atoms with van der Waals surface area (Å²) in [6.45, 7) is -0.294. The zero-order valence-electron chi connectivity index (χ0n) is 18.4. The van der Waals surface area contributed by atoms with Gasteiger partial charge in [0.05, 0.1) is 36.4 Å². The molecular weight excluding hydrogens is 441 g/mol. The van der Waals surface area contributed by atoms with E-state index in [-0.39, 0.29) is 28.7 Å². The van der Waals surface area contributed by atoms with Crippen molar-refractivity contribution in [3.8, 4) is 11.5 Å². The fourth-order valence-electron chi connectivity index (χ4n) is 3.58. The second-order valence-corrected chi connectivity index (χ2v) is 7.32. The Kier molecular flexibility index (Phi) is 6.35. The average Bonchev–Trinajstić information content (AvgIpc) is 2.86. The number of ether oxygens (including phenoxy) is 2. The molecule has 0 aliphatic carbocycles. The topological polar surface area (TPSA) is 99.5 Å². The molecule has 2 heterocycles. The summed E-state index contributed by atoms with van der Waals surface area (Å²) in [5.41, 5.74) is -0.0229. The van der Waals surface area contributed by atoms with E-state index in [9.17, 15) is 18.8 Å². The molecule has 0 radical (unpaired) electrons. The molecular formula is C25H20FN3O5. The summed E-state index contributed by atoms with van der Waals surface area (Å²) >= 11 is 0. The number of pyridine rings is 2. The highest BCUT2D eigenvalue weighted by molar-refractivity contribution is 6.10. The molecule has 0 spiro atoms. The fraction of sp³-hybridized carbons (Fsp3) is 0.120. The van der Waals surface area contributed by atoms with E-state index in [1.807, 2.05) is 0 Å². The number of para-hydroxylation sites is 1. The number of fused-ring (bicyclic) bond motifs is 1. The number of carbonyl (C=O) groups excluding carboxylic acids is 2. The Morgan fingerprint density at radius 2 is 1.71 bits per heavy atom. The molecule has 2 aromatic carbocycles. The molecule has 9 heteroatoms. The predicted molar refractivity (Wildman–Crippen MR) is 124 cm³/mol. The number of halogens is 1. The first-order valence-corrected chi connectivity index (χ1v) is 10.2. The van der Waals surface area contributed by atoms with Crippen LogP contribution >= 0.6 is 0 Å². The Morgan fingerprint density at radius 3 is 2.38 bits per heavy atom. The standard InChI is InChI=1S/C25H20FN3O5/c1-33-21-11-16-20(12-22(21)34-2)29(14-23(30)28-19-6-4-3-5-18(19)26)13-17(25(16)32)24(31)15-7-9-27-10-8-15/h3-13H,14H2,1-2H3,(H,28,30). The SMILES string of the molecule is COc1cc2c(=O)c(C(=O)c3ccncc3)cn(CC(=O)Nc3ccccc3F)c2cc1OC. The molecule has 172 valence electrons. The summed E-state index contributed by atoms with van der Waals surface area (Å²) in [5.74, 6) is -1.02. The Hall–Kier alpha value is -4.53. The molecule has 1 N–H and O–H groups in total. The summed E-state index contributed by atoms with van der Waals surface area (Å²) in [7, 11) is 2.87. The van der Waals surface area contributed by atoms with E-state index in [1.165, 1.54) is 73.8 Å². The highest BCUT2D eigenvalue weighted by Gasteiger charge is 2.20. The van der Waals surface area contributed by atoms with Crippen LogP contribution in [0.3, 0.4) is 0 Å². The molecule has 8 nitrogen and oxygen atoms in total.